The van der Waals surface area contributed by atoms with Gasteiger partial charge in [0.25, 0.3) is 0 Å². The summed E-state index contributed by atoms with van der Waals surface area (Å²) in [6.07, 6.45) is 3.23. The Morgan fingerprint density at radius 3 is 2.47 bits per heavy atom. The molecule has 0 aliphatic carbocycles. The molecule has 98 valence electrons. The summed E-state index contributed by atoms with van der Waals surface area (Å²) in [5, 5.41) is 14.1. The molecule has 1 rings (SSSR count). The molecular weight excluding hydrogens is 230 g/mol. The van der Waals surface area contributed by atoms with E-state index in [0.717, 1.165) is 25.8 Å². The minimum atomic E-state index is 0.345. The van der Waals surface area contributed by atoms with Gasteiger partial charge in [-0.25, -0.2) is 0 Å². The summed E-state index contributed by atoms with van der Waals surface area (Å²) in [4.78, 5) is 0. The van der Waals surface area contributed by atoms with Gasteiger partial charge < -0.3 is 5.32 Å². The molecule has 1 atom stereocenters. The van der Waals surface area contributed by atoms with Crippen LogP contribution in [-0.2, 0) is 12.8 Å². The third-order valence-electron chi connectivity index (χ3n) is 3.29. The lowest BCUT2D eigenvalue weighted by Gasteiger charge is -2.26. The molecule has 0 aliphatic rings. The van der Waals surface area contributed by atoms with Crippen LogP contribution < -0.4 is 5.32 Å². The molecule has 0 radical (unpaired) electrons. The molecular formula is C13H25N3S. The van der Waals surface area contributed by atoms with Gasteiger partial charge in [-0.2, -0.15) is 0 Å². The molecule has 0 bridgehead atoms. The van der Waals surface area contributed by atoms with E-state index in [2.05, 4.69) is 43.2 Å². The van der Waals surface area contributed by atoms with Crippen LogP contribution in [0.15, 0.2) is 0 Å². The monoisotopic (exact) mass is 255 g/mol. The number of aryl methyl sites for hydroxylation is 1. The second-order valence-electron chi connectivity index (χ2n) is 5.77. The van der Waals surface area contributed by atoms with Gasteiger partial charge in [-0.1, -0.05) is 27.7 Å². The largest absolute Gasteiger partial charge is 0.320 e. The zero-order valence-corrected chi connectivity index (χ0v) is 12.5. The second kappa shape index (κ2) is 6.45. The summed E-state index contributed by atoms with van der Waals surface area (Å²) in [5.74, 6) is 0.639. The van der Waals surface area contributed by atoms with E-state index in [0.29, 0.717) is 11.3 Å². The molecule has 0 amide bonds. The van der Waals surface area contributed by atoms with Gasteiger partial charge in [-0.05, 0) is 31.3 Å². The maximum absolute atomic E-state index is 4.30. The van der Waals surface area contributed by atoms with Crippen molar-refractivity contribution in [1.29, 1.82) is 0 Å². The molecule has 17 heavy (non-hydrogen) atoms. The van der Waals surface area contributed by atoms with Crippen molar-refractivity contribution in [1.82, 2.24) is 15.5 Å². The molecule has 1 unspecified atom stereocenters. The van der Waals surface area contributed by atoms with Gasteiger partial charge in [0.2, 0.25) is 0 Å². The van der Waals surface area contributed by atoms with Crippen LogP contribution in [0.5, 0.6) is 0 Å². The summed E-state index contributed by atoms with van der Waals surface area (Å²) in [5.41, 5.74) is 0.345. The van der Waals surface area contributed by atoms with Crippen LogP contribution in [0.25, 0.3) is 0 Å². The molecule has 0 fully saturated rings. The van der Waals surface area contributed by atoms with Crippen LogP contribution in [0.4, 0.5) is 0 Å². The van der Waals surface area contributed by atoms with Gasteiger partial charge in [0.15, 0.2) is 0 Å². The van der Waals surface area contributed by atoms with Crippen molar-refractivity contribution in [2.75, 3.05) is 13.6 Å². The number of aromatic nitrogens is 2. The van der Waals surface area contributed by atoms with E-state index >= 15 is 0 Å². The van der Waals surface area contributed by atoms with E-state index in [1.165, 1.54) is 10.0 Å². The van der Waals surface area contributed by atoms with Crippen molar-refractivity contribution in [3.05, 3.63) is 10.0 Å². The summed E-state index contributed by atoms with van der Waals surface area (Å²) in [6.45, 7) is 10.2. The molecule has 4 heteroatoms. The molecule has 1 N–H and O–H groups in total. The highest BCUT2D eigenvalue weighted by Gasteiger charge is 2.21. The Morgan fingerprint density at radius 2 is 1.88 bits per heavy atom. The van der Waals surface area contributed by atoms with Crippen molar-refractivity contribution in [3.63, 3.8) is 0 Å². The van der Waals surface area contributed by atoms with E-state index in [1.807, 2.05) is 7.05 Å². The van der Waals surface area contributed by atoms with E-state index in [1.54, 1.807) is 11.3 Å². The molecule has 0 spiro atoms. The second-order valence-corrected chi connectivity index (χ2v) is 6.91. The van der Waals surface area contributed by atoms with E-state index in [4.69, 9.17) is 0 Å². The maximum Gasteiger partial charge on any atom is 0.117 e. The molecule has 1 aromatic heterocycles. The minimum absolute atomic E-state index is 0.345. The first-order valence-corrected chi connectivity index (χ1v) is 7.21. The first-order chi connectivity index (χ1) is 7.93. The van der Waals surface area contributed by atoms with Crippen LogP contribution in [0.1, 0.15) is 44.1 Å². The predicted octanol–water partition coefficient (Wildman–Crippen LogP) is 2.91. The van der Waals surface area contributed by atoms with Crippen molar-refractivity contribution < 1.29 is 0 Å². The van der Waals surface area contributed by atoms with Crippen LogP contribution in [-0.4, -0.2) is 23.8 Å². The molecule has 0 aromatic carbocycles. The van der Waals surface area contributed by atoms with Gasteiger partial charge >= 0.3 is 0 Å². The van der Waals surface area contributed by atoms with Gasteiger partial charge in [-0.3, -0.25) is 0 Å². The Kier molecular flexibility index (Phi) is 5.53. The highest BCUT2D eigenvalue weighted by atomic mass is 32.1. The highest BCUT2D eigenvalue weighted by molar-refractivity contribution is 7.11. The van der Waals surface area contributed by atoms with Gasteiger partial charge in [0, 0.05) is 12.8 Å². The summed E-state index contributed by atoms with van der Waals surface area (Å²) in [7, 11) is 1.98. The van der Waals surface area contributed by atoms with Gasteiger partial charge in [-0.15, -0.1) is 21.5 Å². The molecule has 0 saturated heterocycles. The molecule has 1 heterocycles. The third kappa shape index (κ3) is 5.13. The van der Waals surface area contributed by atoms with Crippen LogP contribution in [0.2, 0.25) is 0 Å². The normalized spacial score (nSPS) is 13.9. The number of nitrogens with one attached hydrogen (secondary N) is 1. The lowest BCUT2D eigenvalue weighted by Crippen LogP contribution is -2.19. The van der Waals surface area contributed by atoms with Crippen molar-refractivity contribution in [2.45, 2.75) is 47.0 Å². The fourth-order valence-corrected chi connectivity index (χ4v) is 2.47. The van der Waals surface area contributed by atoms with Gasteiger partial charge in [0.1, 0.15) is 10.0 Å². The van der Waals surface area contributed by atoms with E-state index in [9.17, 15) is 0 Å². The molecule has 0 aliphatic heterocycles. The zero-order chi connectivity index (χ0) is 12.9. The van der Waals surface area contributed by atoms with Gasteiger partial charge in [0.05, 0.1) is 0 Å². The first kappa shape index (κ1) is 14.6. The fourth-order valence-electron chi connectivity index (χ4n) is 1.46. The smallest absolute Gasteiger partial charge is 0.117 e. The molecule has 1 aromatic rings. The van der Waals surface area contributed by atoms with Crippen LogP contribution in [0.3, 0.4) is 0 Å². The minimum Gasteiger partial charge on any atom is -0.320 e. The topological polar surface area (TPSA) is 37.8 Å². The Balaban J connectivity index is 2.45. The average Bonchev–Trinajstić information content (AvgIpc) is 2.65. The number of nitrogens with zero attached hydrogens (tertiary/aromatic N) is 2. The number of hydrogen-bond acceptors (Lipinski definition) is 4. The molecule has 3 nitrogen and oxygen atoms in total. The standard InChI is InChI=1S/C13H25N3S/c1-10(13(2,3)4)9-12-16-15-11(17-12)7-6-8-14-5/h10,14H,6-9H2,1-5H3. The number of rotatable bonds is 6. The Bertz CT molecular complexity index is 328. The summed E-state index contributed by atoms with van der Waals surface area (Å²) in [6, 6.07) is 0. The third-order valence-corrected chi connectivity index (χ3v) is 4.29. The first-order valence-electron chi connectivity index (χ1n) is 6.39. The average molecular weight is 255 g/mol. The molecule has 0 saturated carbocycles. The Morgan fingerprint density at radius 1 is 1.24 bits per heavy atom. The quantitative estimate of drug-likeness (QED) is 0.794. The van der Waals surface area contributed by atoms with E-state index < -0.39 is 0 Å². The Hall–Kier alpha value is -0.480. The zero-order valence-electron chi connectivity index (χ0n) is 11.7. The van der Waals surface area contributed by atoms with Crippen molar-refractivity contribution in [3.8, 4) is 0 Å². The Labute approximate surface area is 109 Å². The fraction of sp³-hybridized carbons (Fsp3) is 0.846. The van der Waals surface area contributed by atoms with E-state index in [-0.39, 0.29) is 0 Å². The predicted molar refractivity (Wildman–Crippen MR) is 74.5 cm³/mol. The van der Waals surface area contributed by atoms with Crippen LogP contribution in [0, 0.1) is 11.3 Å². The SMILES string of the molecule is CNCCCc1nnc(CC(C)C(C)(C)C)s1. The summed E-state index contributed by atoms with van der Waals surface area (Å²) < 4.78 is 0. The number of hydrogen-bond donors (Lipinski definition) is 1. The lowest BCUT2D eigenvalue weighted by molar-refractivity contribution is 0.259. The van der Waals surface area contributed by atoms with Crippen molar-refractivity contribution >= 4 is 11.3 Å². The summed E-state index contributed by atoms with van der Waals surface area (Å²) >= 11 is 1.78. The maximum atomic E-state index is 4.30. The van der Waals surface area contributed by atoms with Crippen LogP contribution >= 0.6 is 11.3 Å². The highest BCUT2D eigenvalue weighted by Crippen LogP contribution is 2.29. The van der Waals surface area contributed by atoms with Crippen molar-refractivity contribution in [2.24, 2.45) is 11.3 Å². The lowest BCUT2D eigenvalue weighted by atomic mass is 9.80.